The largest absolute Gasteiger partial charge is 0.507 e. The van der Waals surface area contributed by atoms with E-state index in [1.165, 1.54) is 18.2 Å². The van der Waals surface area contributed by atoms with Crippen LogP contribution in [0, 0.1) is 0 Å². The first kappa shape index (κ1) is 13.2. The van der Waals surface area contributed by atoms with Gasteiger partial charge in [-0.2, -0.15) is 0 Å². The van der Waals surface area contributed by atoms with Crippen molar-refractivity contribution in [1.82, 2.24) is 5.32 Å². The smallest absolute Gasteiger partial charge is 0.255 e. The number of anilines is 1. The van der Waals surface area contributed by atoms with Crippen LogP contribution in [0.2, 0.25) is 5.02 Å². The molecule has 4 nitrogen and oxygen atoms in total. The Morgan fingerprint density at radius 3 is 2.58 bits per heavy atom. The van der Waals surface area contributed by atoms with E-state index in [2.05, 4.69) is 5.32 Å². The van der Waals surface area contributed by atoms with Gasteiger partial charge in [0.25, 0.3) is 5.91 Å². The number of nitrogens with two attached hydrogens (primary N) is 1. The van der Waals surface area contributed by atoms with Gasteiger partial charge in [0, 0.05) is 17.3 Å². The molecule has 0 aliphatic rings. The first-order valence-electron chi connectivity index (χ1n) is 5.67. The molecule has 19 heavy (non-hydrogen) atoms. The monoisotopic (exact) mass is 276 g/mol. The van der Waals surface area contributed by atoms with Gasteiger partial charge >= 0.3 is 0 Å². The number of nitrogens with one attached hydrogen (secondary N) is 1. The molecule has 0 aromatic heterocycles. The number of rotatable bonds is 3. The Bertz CT molecular complexity index is 597. The highest BCUT2D eigenvalue weighted by Gasteiger charge is 2.11. The molecule has 5 heteroatoms. The topological polar surface area (TPSA) is 75.3 Å². The van der Waals surface area contributed by atoms with Crippen LogP contribution in [0.1, 0.15) is 15.9 Å². The Kier molecular flexibility index (Phi) is 3.92. The molecule has 0 radical (unpaired) electrons. The van der Waals surface area contributed by atoms with E-state index in [0.717, 1.165) is 5.56 Å². The molecule has 0 bridgehead atoms. The molecule has 0 saturated carbocycles. The first-order valence-corrected chi connectivity index (χ1v) is 6.05. The summed E-state index contributed by atoms with van der Waals surface area (Å²) in [6, 6.07) is 11.5. The minimum atomic E-state index is -0.378. The lowest BCUT2D eigenvalue weighted by Crippen LogP contribution is -2.22. The molecule has 0 unspecified atom stereocenters. The van der Waals surface area contributed by atoms with Crippen LogP contribution in [-0.2, 0) is 6.54 Å². The van der Waals surface area contributed by atoms with Crippen LogP contribution in [0.5, 0.6) is 5.75 Å². The number of benzene rings is 2. The molecule has 0 fully saturated rings. The third-order valence-corrected chi connectivity index (χ3v) is 2.87. The van der Waals surface area contributed by atoms with Crippen molar-refractivity contribution in [3.63, 3.8) is 0 Å². The fourth-order valence-electron chi connectivity index (χ4n) is 1.60. The second-order valence-electron chi connectivity index (χ2n) is 4.09. The highest BCUT2D eigenvalue weighted by atomic mass is 35.5. The average Bonchev–Trinajstić information content (AvgIpc) is 2.40. The second kappa shape index (κ2) is 5.63. The number of carbonyl (C=O) groups excluding carboxylic acids is 1. The van der Waals surface area contributed by atoms with E-state index < -0.39 is 0 Å². The van der Waals surface area contributed by atoms with E-state index in [1.807, 2.05) is 12.1 Å². The summed E-state index contributed by atoms with van der Waals surface area (Å²) in [6.45, 7) is 0.352. The van der Waals surface area contributed by atoms with Crippen LogP contribution < -0.4 is 11.1 Å². The second-order valence-corrected chi connectivity index (χ2v) is 4.52. The molecular weight excluding hydrogens is 264 g/mol. The number of phenols is 1. The zero-order valence-electron chi connectivity index (χ0n) is 10.1. The Balaban J connectivity index is 2.05. The summed E-state index contributed by atoms with van der Waals surface area (Å²) < 4.78 is 0. The van der Waals surface area contributed by atoms with Crippen molar-refractivity contribution in [2.75, 3.05) is 5.73 Å². The zero-order valence-corrected chi connectivity index (χ0v) is 10.8. The van der Waals surface area contributed by atoms with Crippen molar-refractivity contribution in [1.29, 1.82) is 0 Å². The van der Waals surface area contributed by atoms with E-state index in [1.54, 1.807) is 12.1 Å². The van der Waals surface area contributed by atoms with Crippen molar-refractivity contribution < 1.29 is 9.90 Å². The summed E-state index contributed by atoms with van der Waals surface area (Å²) >= 11 is 5.79. The molecule has 0 saturated heterocycles. The molecular formula is C14H13ClN2O2. The molecule has 0 spiro atoms. The van der Waals surface area contributed by atoms with Crippen molar-refractivity contribution in [3.05, 3.63) is 58.6 Å². The molecule has 98 valence electrons. The number of phenolic OH excluding ortho intramolecular Hbond substituents is 1. The highest BCUT2D eigenvalue weighted by Crippen LogP contribution is 2.21. The molecule has 0 aliphatic heterocycles. The van der Waals surface area contributed by atoms with Gasteiger partial charge in [-0.05, 0) is 35.9 Å². The minimum Gasteiger partial charge on any atom is -0.507 e. The molecule has 2 rings (SSSR count). The number of hydrogen-bond acceptors (Lipinski definition) is 3. The van der Waals surface area contributed by atoms with Crippen LogP contribution in [-0.4, -0.2) is 11.0 Å². The maximum Gasteiger partial charge on any atom is 0.255 e. The quantitative estimate of drug-likeness (QED) is 0.754. The SMILES string of the molecule is Nc1ccc(CNC(=O)c2cc(Cl)ccc2O)cc1. The molecule has 2 aromatic carbocycles. The Morgan fingerprint density at radius 1 is 1.21 bits per heavy atom. The maximum atomic E-state index is 11.9. The van der Waals surface area contributed by atoms with Crippen molar-refractivity contribution in [3.8, 4) is 5.75 Å². The number of halogens is 1. The lowest BCUT2D eigenvalue weighted by atomic mass is 10.1. The first-order chi connectivity index (χ1) is 9.06. The van der Waals surface area contributed by atoms with Gasteiger partial charge in [-0.25, -0.2) is 0 Å². The number of amides is 1. The standard InChI is InChI=1S/C14H13ClN2O2/c15-10-3-6-13(18)12(7-10)14(19)17-8-9-1-4-11(16)5-2-9/h1-7,18H,8,16H2,(H,17,19). The van der Waals surface area contributed by atoms with Gasteiger partial charge in [-0.1, -0.05) is 23.7 Å². The number of carbonyl (C=O) groups is 1. The van der Waals surface area contributed by atoms with Crippen molar-refractivity contribution in [2.45, 2.75) is 6.54 Å². The number of aromatic hydroxyl groups is 1. The van der Waals surface area contributed by atoms with Gasteiger partial charge < -0.3 is 16.2 Å². The van der Waals surface area contributed by atoms with Gasteiger partial charge in [0.2, 0.25) is 0 Å². The molecule has 0 aliphatic carbocycles. The third kappa shape index (κ3) is 3.39. The average molecular weight is 277 g/mol. The van der Waals surface area contributed by atoms with Crippen molar-refractivity contribution in [2.24, 2.45) is 0 Å². The van der Waals surface area contributed by atoms with E-state index >= 15 is 0 Å². The van der Waals surface area contributed by atoms with Gasteiger partial charge in [0.05, 0.1) is 5.56 Å². The van der Waals surface area contributed by atoms with E-state index in [0.29, 0.717) is 17.3 Å². The Labute approximate surface area is 115 Å². The molecule has 0 atom stereocenters. The molecule has 4 N–H and O–H groups in total. The van der Waals surface area contributed by atoms with E-state index in [-0.39, 0.29) is 17.2 Å². The van der Waals surface area contributed by atoms with Crippen LogP contribution in [0.4, 0.5) is 5.69 Å². The fraction of sp³-hybridized carbons (Fsp3) is 0.0714. The Hall–Kier alpha value is -2.20. The van der Waals surface area contributed by atoms with Crippen molar-refractivity contribution >= 4 is 23.2 Å². The van der Waals surface area contributed by atoms with Crippen LogP contribution in [0.3, 0.4) is 0 Å². The maximum absolute atomic E-state index is 11.9. The lowest BCUT2D eigenvalue weighted by Gasteiger charge is -2.07. The summed E-state index contributed by atoms with van der Waals surface area (Å²) in [4.78, 5) is 11.9. The summed E-state index contributed by atoms with van der Waals surface area (Å²) in [7, 11) is 0. The number of hydrogen-bond donors (Lipinski definition) is 3. The van der Waals surface area contributed by atoms with Crippen LogP contribution >= 0.6 is 11.6 Å². The summed E-state index contributed by atoms with van der Waals surface area (Å²) in [5.74, 6) is -0.476. The minimum absolute atomic E-state index is 0.0980. The predicted octanol–water partition coefficient (Wildman–Crippen LogP) is 2.56. The highest BCUT2D eigenvalue weighted by molar-refractivity contribution is 6.31. The van der Waals surface area contributed by atoms with Crippen LogP contribution in [0.15, 0.2) is 42.5 Å². The normalized spacial score (nSPS) is 10.2. The molecule has 0 heterocycles. The summed E-state index contributed by atoms with van der Waals surface area (Å²) in [6.07, 6.45) is 0. The fourth-order valence-corrected chi connectivity index (χ4v) is 1.78. The van der Waals surface area contributed by atoms with Gasteiger partial charge in [-0.3, -0.25) is 4.79 Å². The van der Waals surface area contributed by atoms with E-state index in [4.69, 9.17) is 17.3 Å². The van der Waals surface area contributed by atoms with Gasteiger partial charge in [-0.15, -0.1) is 0 Å². The van der Waals surface area contributed by atoms with Crippen LogP contribution in [0.25, 0.3) is 0 Å². The zero-order chi connectivity index (χ0) is 13.8. The molecule has 2 aromatic rings. The number of nitrogen functional groups attached to an aromatic ring is 1. The Morgan fingerprint density at radius 2 is 1.89 bits per heavy atom. The molecule has 1 amide bonds. The van der Waals surface area contributed by atoms with E-state index in [9.17, 15) is 9.90 Å². The third-order valence-electron chi connectivity index (χ3n) is 2.64. The predicted molar refractivity (Wildman–Crippen MR) is 75.1 cm³/mol. The summed E-state index contributed by atoms with van der Waals surface area (Å²) in [5.41, 5.74) is 7.32. The van der Waals surface area contributed by atoms with Gasteiger partial charge in [0.15, 0.2) is 0 Å². The summed E-state index contributed by atoms with van der Waals surface area (Å²) in [5, 5.41) is 12.7. The lowest BCUT2D eigenvalue weighted by molar-refractivity contribution is 0.0948. The van der Waals surface area contributed by atoms with Gasteiger partial charge in [0.1, 0.15) is 5.75 Å².